The summed E-state index contributed by atoms with van der Waals surface area (Å²) in [5.41, 5.74) is 6.07. The summed E-state index contributed by atoms with van der Waals surface area (Å²) in [6, 6.07) is 33.6. The minimum Gasteiger partial charge on any atom is -0.496 e. The second kappa shape index (κ2) is 12.3. The number of carboxylic acids is 1. The van der Waals surface area contributed by atoms with Crippen molar-refractivity contribution in [1.29, 1.82) is 0 Å². The zero-order chi connectivity index (χ0) is 27.0. The Morgan fingerprint density at radius 1 is 0.821 bits per heavy atom. The van der Waals surface area contributed by atoms with Gasteiger partial charge in [-0.1, -0.05) is 72.8 Å². The first-order chi connectivity index (χ1) is 19.1. The number of carboxylic acid groups (broad SMARTS) is 1. The Kier molecular flexibility index (Phi) is 8.24. The fraction of sp³-hybridized carbons (Fsp3) is 0.182. The number of nitrogens with zero attached hydrogens (tertiary/aromatic N) is 1. The van der Waals surface area contributed by atoms with E-state index in [0.717, 1.165) is 45.1 Å². The lowest BCUT2D eigenvalue weighted by molar-refractivity contribution is -0.151. The second-order valence-electron chi connectivity index (χ2n) is 9.26. The molecule has 0 amide bonds. The highest BCUT2D eigenvalue weighted by Gasteiger charge is 2.22. The van der Waals surface area contributed by atoms with E-state index in [4.69, 9.17) is 14.2 Å². The molecule has 39 heavy (non-hydrogen) atoms. The molecule has 1 atom stereocenters. The number of fused-ring (bicyclic) bond motifs is 2. The third-order valence-corrected chi connectivity index (χ3v) is 6.69. The van der Waals surface area contributed by atoms with Gasteiger partial charge in [0.1, 0.15) is 18.1 Å². The maximum atomic E-state index is 11.8. The van der Waals surface area contributed by atoms with E-state index in [2.05, 4.69) is 35.2 Å². The largest absolute Gasteiger partial charge is 0.496 e. The molecule has 4 aromatic carbocycles. The first-order valence-corrected chi connectivity index (χ1v) is 12.9. The number of methoxy groups -OCH3 is 1. The van der Waals surface area contributed by atoms with E-state index in [1.54, 1.807) is 7.11 Å². The van der Waals surface area contributed by atoms with Gasteiger partial charge in [-0.25, -0.2) is 4.79 Å². The Hall–Kier alpha value is -4.55. The molecule has 1 unspecified atom stereocenters. The van der Waals surface area contributed by atoms with Gasteiger partial charge in [-0.3, -0.25) is 0 Å². The summed E-state index contributed by atoms with van der Waals surface area (Å²) in [4.78, 5) is 14.0. The van der Waals surface area contributed by atoms with Crippen LogP contribution in [-0.4, -0.2) is 37.4 Å². The van der Waals surface area contributed by atoms with Gasteiger partial charge in [-0.15, -0.1) is 0 Å². The third-order valence-electron chi connectivity index (χ3n) is 6.69. The second-order valence-corrected chi connectivity index (χ2v) is 9.26. The smallest absolute Gasteiger partial charge is 0.333 e. The van der Waals surface area contributed by atoms with Crippen molar-refractivity contribution in [3.63, 3.8) is 0 Å². The molecule has 1 heterocycles. The molecule has 0 radical (unpaired) electrons. The first kappa shape index (κ1) is 26.1. The van der Waals surface area contributed by atoms with Crippen molar-refractivity contribution >= 4 is 29.2 Å². The number of carbonyl (C=O) groups is 1. The van der Waals surface area contributed by atoms with Crippen LogP contribution in [0.25, 0.3) is 11.8 Å². The number of aliphatic carboxylic acids is 1. The van der Waals surface area contributed by atoms with Crippen molar-refractivity contribution in [3.05, 3.63) is 125 Å². The standard InChI is InChI=1S/C33H31NO5/c1-37-31-22-26-11-5-7-13-29(26)34(30-14-8-6-12-28(30)31)19-20-38-27-17-15-24(16-18-27)21-32(33(35)36)39-23-25-9-3-2-4-10-25/h2-18,22,32H,19-21,23H2,1H3,(H,35,36). The van der Waals surface area contributed by atoms with Gasteiger partial charge < -0.3 is 24.2 Å². The summed E-state index contributed by atoms with van der Waals surface area (Å²) in [5.74, 6) is 0.572. The van der Waals surface area contributed by atoms with E-state index >= 15 is 0 Å². The summed E-state index contributed by atoms with van der Waals surface area (Å²) in [5, 5.41) is 9.63. The summed E-state index contributed by atoms with van der Waals surface area (Å²) >= 11 is 0. The Labute approximate surface area is 228 Å². The Morgan fingerprint density at radius 2 is 1.51 bits per heavy atom. The zero-order valence-corrected chi connectivity index (χ0v) is 21.8. The van der Waals surface area contributed by atoms with Gasteiger partial charge >= 0.3 is 5.97 Å². The Balaban J connectivity index is 1.23. The van der Waals surface area contributed by atoms with Crippen molar-refractivity contribution in [3.8, 4) is 5.75 Å². The number of hydrogen-bond donors (Lipinski definition) is 1. The van der Waals surface area contributed by atoms with Gasteiger partial charge in [0.25, 0.3) is 0 Å². The van der Waals surface area contributed by atoms with Crippen molar-refractivity contribution < 1.29 is 24.1 Å². The summed E-state index contributed by atoms with van der Waals surface area (Å²) < 4.78 is 17.5. The molecule has 0 spiro atoms. The third kappa shape index (κ3) is 6.30. The van der Waals surface area contributed by atoms with E-state index in [9.17, 15) is 9.90 Å². The van der Waals surface area contributed by atoms with Gasteiger partial charge in [-0.2, -0.15) is 0 Å². The fourth-order valence-electron chi connectivity index (χ4n) is 4.71. The highest BCUT2D eigenvalue weighted by atomic mass is 16.5. The molecule has 6 heteroatoms. The number of para-hydroxylation sites is 2. The maximum Gasteiger partial charge on any atom is 0.333 e. The van der Waals surface area contributed by atoms with Gasteiger partial charge in [-0.05, 0) is 47.5 Å². The van der Waals surface area contributed by atoms with E-state index in [0.29, 0.717) is 13.2 Å². The first-order valence-electron chi connectivity index (χ1n) is 12.9. The molecule has 0 fully saturated rings. The minimum atomic E-state index is -0.976. The van der Waals surface area contributed by atoms with E-state index in [1.165, 1.54) is 0 Å². The molecule has 0 bridgehead atoms. The van der Waals surface area contributed by atoms with Crippen LogP contribution < -0.4 is 9.64 Å². The maximum absolute atomic E-state index is 11.8. The lowest BCUT2D eigenvalue weighted by Crippen LogP contribution is -2.26. The molecule has 1 N–H and O–H groups in total. The number of hydrogen-bond acceptors (Lipinski definition) is 5. The van der Waals surface area contributed by atoms with Gasteiger partial charge in [0.05, 0.1) is 25.9 Å². The molecule has 1 aliphatic heterocycles. The molecular formula is C33H31NO5. The molecule has 6 nitrogen and oxygen atoms in total. The minimum absolute atomic E-state index is 0.253. The molecule has 0 aromatic heterocycles. The van der Waals surface area contributed by atoms with Crippen LogP contribution in [-0.2, 0) is 27.3 Å². The average Bonchev–Trinajstić information content (AvgIpc) is 3.11. The van der Waals surface area contributed by atoms with Crippen LogP contribution in [0, 0.1) is 0 Å². The molecule has 0 saturated heterocycles. The van der Waals surface area contributed by atoms with Crippen molar-refractivity contribution in [2.75, 3.05) is 25.2 Å². The highest BCUT2D eigenvalue weighted by Crippen LogP contribution is 2.39. The van der Waals surface area contributed by atoms with Crippen molar-refractivity contribution in [2.45, 2.75) is 19.1 Å². The number of ether oxygens (including phenoxy) is 3. The van der Waals surface area contributed by atoms with Crippen LogP contribution in [0.4, 0.5) is 11.4 Å². The molecular weight excluding hydrogens is 490 g/mol. The Bertz CT molecular complexity index is 1430. The lowest BCUT2D eigenvalue weighted by atomic mass is 10.1. The van der Waals surface area contributed by atoms with Gasteiger partial charge in [0, 0.05) is 23.2 Å². The van der Waals surface area contributed by atoms with Crippen molar-refractivity contribution in [2.24, 2.45) is 0 Å². The number of benzene rings is 4. The summed E-state index contributed by atoms with van der Waals surface area (Å²) in [6.07, 6.45) is 1.42. The topological polar surface area (TPSA) is 68.2 Å². The van der Waals surface area contributed by atoms with Crippen LogP contribution in [0.2, 0.25) is 0 Å². The highest BCUT2D eigenvalue weighted by molar-refractivity contribution is 5.92. The van der Waals surface area contributed by atoms with E-state index in [-0.39, 0.29) is 13.0 Å². The average molecular weight is 522 g/mol. The van der Waals surface area contributed by atoms with Crippen LogP contribution in [0.15, 0.2) is 103 Å². The predicted molar refractivity (Wildman–Crippen MR) is 153 cm³/mol. The summed E-state index contributed by atoms with van der Waals surface area (Å²) in [7, 11) is 1.70. The normalized spacial score (nSPS) is 12.9. The molecule has 1 aliphatic rings. The predicted octanol–water partition coefficient (Wildman–Crippen LogP) is 6.57. The van der Waals surface area contributed by atoms with Gasteiger partial charge in [0.2, 0.25) is 0 Å². The van der Waals surface area contributed by atoms with E-state index < -0.39 is 12.1 Å². The van der Waals surface area contributed by atoms with Crippen molar-refractivity contribution in [1.82, 2.24) is 0 Å². The van der Waals surface area contributed by atoms with E-state index in [1.807, 2.05) is 78.9 Å². The Morgan fingerprint density at radius 3 is 2.26 bits per heavy atom. The van der Waals surface area contributed by atoms with Gasteiger partial charge in [0.15, 0.2) is 6.10 Å². The molecule has 198 valence electrons. The van der Waals surface area contributed by atoms with Crippen LogP contribution >= 0.6 is 0 Å². The number of anilines is 2. The fourth-order valence-corrected chi connectivity index (χ4v) is 4.71. The monoisotopic (exact) mass is 521 g/mol. The molecule has 4 aromatic rings. The molecule has 5 rings (SSSR count). The number of rotatable bonds is 11. The van der Waals surface area contributed by atoms with Crippen LogP contribution in [0.3, 0.4) is 0 Å². The molecule has 0 aliphatic carbocycles. The summed E-state index contributed by atoms with van der Waals surface area (Å²) in [6.45, 7) is 1.35. The zero-order valence-electron chi connectivity index (χ0n) is 21.8. The van der Waals surface area contributed by atoms with Crippen LogP contribution in [0.1, 0.15) is 22.3 Å². The quantitative estimate of drug-likeness (QED) is 0.241. The lowest BCUT2D eigenvalue weighted by Gasteiger charge is -2.27. The molecule has 0 saturated carbocycles. The SMILES string of the molecule is COC1=Cc2ccccc2N(CCOc2ccc(CC(OCc3ccccc3)C(=O)O)cc2)c2ccccc21. The van der Waals surface area contributed by atoms with Crippen LogP contribution in [0.5, 0.6) is 5.75 Å².